The van der Waals surface area contributed by atoms with Crippen LogP contribution in [0.2, 0.25) is 5.02 Å². The van der Waals surface area contributed by atoms with Crippen molar-refractivity contribution in [1.29, 1.82) is 0 Å². The average Bonchev–Trinajstić information content (AvgIpc) is 3.41. The van der Waals surface area contributed by atoms with E-state index < -0.39 is 35.4 Å². The molecule has 6 heterocycles. The third-order valence-electron chi connectivity index (χ3n) is 6.44. The SMILES string of the molecule is C[C@@H]1CN2c3c(nc4c(-c5cncs5)noc4c3Cl)CC3(C(=O)NC(=O)NC3=O)[C@H]2[C@H](C)O1.[HH]. The highest BCUT2D eigenvalue weighted by molar-refractivity contribution is 7.13. The first-order valence-corrected chi connectivity index (χ1v) is 11.5. The molecular formula is C20H19ClN6O5S. The number of nitrogens with one attached hydrogen (secondary N) is 2. The van der Waals surface area contributed by atoms with E-state index in [1.807, 2.05) is 11.8 Å². The van der Waals surface area contributed by atoms with Crippen molar-refractivity contribution in [1.82, 2.24) is 25.8 Å². The molecule has 1 spiro atoms. The Hall–Kier alpha value is -3.09. The number of carbonyl (C=O) groups is 3. The number of pyridine rings is 1. The minimum Gasteiger partial charge on any atom is -0.372 e. The number of barbiturate groups is 1. The number of urea groups is 1. The van der Waals surface area contributed by atoms with Crippen LogP contribution in [0, 0.1) is 5.41 Å². The largest absolute Gasteiger partial charge is 0.372 e. The average molecular weight is 491 g/mol. The maximum atomic E-state index is 13.3. The summed E-state index contributed by atoms with van der Waals surface area (Å²) in [5.74, 6) is -1.37. The van der Waals surface area contributed by atoms with Gasteiger partial charge in [-0.05, 0) is 13.8 Å². The molecule has 0 radical (unpaired) electrons. The van der Waals surface area contributed by atoms with Crippen molar-refractivity contribution in [2.75, 3.05) is 11.4 Å². The molecule has 11 nitrogen and oxygen atoms in total. The van der Waals surface area contributed by atoms with Gasteiger partial charge in [-0.15, -0.1) is 11.3 Å². The first-order valence-electron chi connectivity index (χ1n) is 10.3. The molecule has 0 bridgehead atoms. The van der Waals surface area contributed by atoms with Crippen molar-refractivity contribution < 1.29 is 25.1 Å². The number of halogens is 1. The first-order chi connectivity index (χ1) is 15.8. The zero-order valence-corrected chi connectivity index (χ0v) is 19.0. The molecule has 3 atom stereocenters. The van der Waals surface area contributed by atoms with E-state index in [1.54, 1.807) is 18.6 Å². The molecule has 0 unspecified atom stereocenters. The quantitative estimate of drug-likeness (QED) is 0.491. The number of fused-ring (bicyclic) bond motifs is 5. The van der Waals surface area contributed by atoms with Gasteiger partial charge >= 0.3 is 6.03 Å². The highest BCUT2D eigenvalue weighted by Crippen LogP contribution is 2.50. The standard InChI is InChI=1S/C20H17ClN6O5S.H2/c1-7-5-27-14-9(23-13-12(10-4-22-6-33-10)26-32-15(13)11(14)21)3-20(16(27)8(2)31-7)17(28)24-19(30)25-18(20)29;/h4,6-8,16H,3,5H2,1-2H3,(H2,24,25,28,29,30);1H/t7-,8+,16-;/m1./s1. The molecule has 3 aliphatic rings. The van der Waals surface area contributed by atoms with E-state index in [0.29, 0.717) is 39.7 Å². The van der Waals surface area contributed by atoms with Crippen LogP contribution in [0.3, 0.4) is 0 Å². The molecule has 2 fully saturated rings. The van der Waals surface area contributed by atoms with Gasteiger partial charge in [0, 0.05) is 20.6 Å². The van der Waals surface area contributed by atoms with Gasteiger partial charge in [0.2, 0.25) is 17.4 Å². The van der Waals surface area contributed by atoms with Crippen molar-refractivity contribution in [3.8, 4) is 10.6 Å². The summed E-state index contributed by atoms with van der Waals surface area (Å²) in [4.78, 5) is 49.9. The van der Waals surface area contributed by atoms with Gasteiger partial charge in [0.15, 0.2) is 11.1 Å². The lowest BCUT2D eigenvalue weighted by Gasteiger charge is -2.55. The zero-order valence-electron chi connectivity index (χ0n) is 17.4. The second kappa shape index (κ2) is 6.95. The van der Waals surface area contributed by atoms with Crippen molar-refractivity contribution in [3.05, 3.63) is 22.4 Å². The van der Waals surface area contributed by atoms with Crippen LogP contribution in [0.1, 0.15) is 21.0 Å². The Bertz CT molecular complexity index is 1330. The van der Waals surface area contributed by atoms with Crippen molar-refractivity contribution >= 4 is 57.6 Å². The highest BCUT2D eigenvalue weighted by atomic mass is 35.5. The lowest BCUT2D eigenvalue weighted by molar-refractivity contribution is -0.153. The fourth-order valence-electron chi connectivity index (χ4n) is 5.25. The van der Waals surface area contributed by atoms with Crippen LogP contribution in [0.25, 0.3) is 21.7 Å². The number of thiazole rings is 1. The maximum Gasteiger partial charge on any atom is 0.328 e. The van der Waals surface area contributed by atoms with Crippen LogP contribution in [0.5, 0.6) is 0 Å². The van der Waals surface area contributed by atoms with Gasteiger partial charge in [0.1, 0.15) is 10.5 Å². The maximum absolute atomic E-state index is 13.3. The smallest absolute Gasteiger partial charge is 0.328 e. The fraction of sp³-hybridized carbons (Fsp3) is 0.400. The Morgan fingerprint density at radius 1 is 1.27 bits per heavy atom. The lowest BCUT2D eigenvalue weighted by Crippen LogP contribution is -2.75. The second-order valence-electron chi connectivity index (χ2n) is 8.43. The van der Waals surface area contributed by atoms with Crippen molar-refractivity contribution in [3.63, 3.8) is 0 Å². The third-order valence-corrected chi connectivity index (χ3v) is 7.58. The third kappa shape index (κ3) is 2.71. The van der Waals surface area contributed by atoms with Gasteiger partial charge in [-0.1, -0.05) is 16.8 Å². The zero-order chi connectivity index (χ0) is 23.1. The van der Waals surface area contributed by atoms with Crippen LogP contribution in [0.15, 0.2) is 16.2 Å². The molecular weight excluding hydrogens is 472 g/mol. The molecule has 0 saturated carbocycles. The number of rotatable bonds is 1. The van der Waals surface area contributed by atoms with Gasteiger partial charge in [0.25, 0.3) is 0 Å². The number of nitrogens with zero attached hydrogens (tertiary/aromatic N) is 4. The van der Waals surface area contributed by atoms with Gasteiger partial charge in [0.05, 0.1) is 40.0 Å². The Morgan fingerprint density at radius 3 is 2.73 bits per heavy atom. The minimum absolute atomic E-state index is 0. The number of morpholine rings is 1. The Labute approximate surface area is 196 Å². The summed E-state index contributed by atoms with van der Waals surface area (Å²) in [5.41, 5.74) is 2.26. The van der Waals surface area contributed by atoms with E-state index in [1.165, 1.54) is 11.3 Å². The van der Waals surface area contributed by atoms with E-state index in [4.69, 9.17) is 25.8 Å². The van der Waals surface area contributed by atoms with Gasteiger partial charge in [-0.25, -0.2) is 9.78 Å². The lowest BCUT2D eigenvalue weighted by atomic mass is 9.67. The molecule has 4 amide bonds. The number of ether oxygens (including phenoxy) is 1. The summed E-state index contributed by atoms with van der Waals surface area (Å²) in [6.07, 6.45) is 0.859. The molecule has 3 aliphatic heterocycles. The summed E-state index contributed by atoms with van der Waals surface area (Å²) in [6, 6.07) is -1.56. The van der Waals surface area contributed by atoms with Crippen molar-refractivity contribution in [2.45, 2.75) is 38.5 Å². The Balaban J connectivity index is 0.00000241. The molecule has 172 valence electrons. The molecule has 2 saturated heterocycles. The molecule has 0 aromatic carbocycles. The predicted octanol–water partition coefficient (Wildman–Crippen LogP) is 2.14. The molecule has 2 N–H and O–H groups in total. The summed E-state index contributed by atoms with van der Waals surface area (Å²) >= 11 is 8.22. The number of carbonyl (C=O) groups excluding carboxylic acids is 3. The molecule has 3 aromatic heterocycles. The van der Waals surface area contributed by atoms with E-state index >= 15 is 0 Å². The number of hydrogen-bond acceptors (Lipinski definition) is 10. The van der Waals surface area contributed by atoms with E-state index in [-0.39, 0.29) is 14.0 Å². The Morgan fingerprint density at radius 2 is 2.03 bits per heavy atom. The molecule has 0 aliphatic carbocycles. The normalized spacial score (nSPS) is 26.2. The topological polar surface area (TPSA) is 140 Å². The number of hydrogen-bond donors (Lipinski definition) is 2. The predicted molar refractivity (Wildman–Crippen MR) is 119 cm³/mol. The van der Waals surface area contributed by atoms with Crippen LogP contribution >= 0.6 is 22.9 Å². The molecule has 6 rings (SSSR count). The van der Waals surface area contributed by atoms with Gasteiger partial charge in [-0.2, -0.15) is 0 Å². The fourth-order valence-corrected chi connectivity index (χ4v) is 6.20. The number of anilines is 1. The summed E-state index contributed by atoms with van der Waals surface area (Å²) < 4.78 is 11.6. The van der Waals surface area contributed by atoms with Crippen LogP contribution in [0.4, 0.5) is 10.5 Å². The molecule has 13 heteroatoms. The van der Waals surface area contributed by atoms with E-state index in [2.05, 4.69) is 20.8 Å². The summed E-state index contributed by atoms with van der Waals surface area (Å²) in [7, 11) is 0. The van der Waals surface area contributed by atoms with Crippen LogP contribution in [-0.4, -0.2) is 57.8 Å². The first kappa shape index (κ1) is 20.5. The summed E-state index contributed by atoms with van der Waals surface area (Å²) in [6.45, 7) is 4.06. The molecule has 3 aromatic rings. The highest BCUT2D eigenvalue weighted by Gasteiger charge is 2.63. The Kier molecular flexibility index (Phi) is 4.32. The number of amides is 4. The van der Waals surface area contributed by atoms with Crippen molar-refractivity contribution in [2.24, 2.45) is 5.41 Å². The van der Waals surface area contributed by atoms with E-state index in [0.717, 1.165) is 4.88 Å². The van der Waals surface area contributed by atoms with Crippen LogP contribution < -0.4 is 15.5 Å². The van der Waals surface area contributed by atoms with E-state index in [9.17, 15) is 14.4 Å². The number of aromatic nitrogens is 3. The van der Waals surface area contributed by atoms with Crippen LogP contribution in [-0.2, 0) is 20.7 Å². The monoisotopic (exact) mass is 490 g/mol. The summed E-state index contributed by atoms with van der Waals surface area (Å²) in [5, 5.41) is 8.96. The van der Waals surface area contributed by atoms with Gasteiger partial charge < -0.3 is 14.2 Å². The number of imide groups is 2. The minimum atomic E-state index is -1.63. The second-order valence-corrected chi connectivity index (χ2v) is 9.69. The van der Waals surface area contributed by atoms with Gasteiger partial charge in [-0.3, -0.25) is 25.2 Å². The molecule has 33 heavy (non-hydrogen) atoms.